The summed E-state index contributed by atoms with van der Waals surface area (Å²) >= 11 is 4.34. The monoisotopic (exact) mass is 281 g/mol. The van der Waals surface area contributed by atoms with E-state index in [1.807, 2.05) is 0 Å². The fourth-order valence-electron chi connectivity index (χ4n) is 1.33. The van der Waals surface area contributed by atoms with Gasteiger partial charge in [0.2, 0.25) is 0 Å². The highest BCUT2D eigenvalue weighted by Crippen LogP contribution is 2.19. The van der Waals surface area contributed by atoms with Crippen molar-refractivity contribution in [3.63, 3.8) is 0 Å². The summed E-state index contributed by atoms with van der Waals surface area (Å²) < 4.78 is 25.2. The topological polar surface area (TPSA) is 36.0 Å². The molecule has 5 heteroatoms. The van der Waals surface area contributed by atoms with Crippen molar-refractivity contribution in [3.05, 3.63) is 64.5 Å². The minimum atomic E-state index is -1.56. The second-order valence-electron chi connectivity index (χ2n) is 3.40. The molecule has 0 aliphatic heterocycles. The van der Waals surface area contributed by atoms with E-state index in [1.54, 1.807) is 30.5 Å². The van der Waals surface area contributed by atoms with Crippen LogP contribution in [0.2, 0.25) is 5.02 Å². The van der Waals surface area contributed by atoms with Gasteiger partial charge in [-0.05, 0) is 24.3 Å². The maximum absolute atomic E-state index is 13.4. The highest BCUT2D eigenvalue weighted by atomic mass is 35.5. The molecule has 92 valence electrons. The molecule has 0 amide bonds. The Hall–Kier alpha value is -1.36. The Bertz CT molecular complexity index is 576. The summed E-state index contributed by atoms with van der Waals surface area (Å²) in [5.41, 5.74) is 0.504. The maximum Gasteiger partial charge on any atom is 0.193 e. The normalized spacial score (nSPS) is 12.8. The van der Waals surface area contributed by atoms with E-state index < -0.39 is 17.0 Å². The van der Waals surface area contributed by atoms with Crippen LogP contribution in [-0.4, -0.2) is 9.54 Å². The molecule has 1 aromatic carbocycles. The van der Waals surface area contributed by atoms with Gasteiger partial charge in [-0.2, -0.15) is 0 Å². The van der Waals surface area contributed by atoms with E-state index in [9.17, 15) is 8.94 Å². The van der Waals surface area contributed by atoms with E-state index in [4.69, 9.17) is 11.6 Å². The van der Waals surface area contributed by atoms with Crippen LogP contribution in [0.3, 0.4) is 0 Å². The van der Waals surface area contributed by atoms with Crippen molar-refractivity contribution in [3.8, 4) is 0 Å². The summed E-state index contributed by atoms with van der Waals surface area (Å²) in [5.74, 6) is -0.493. The average Bonchev–Trinajstić information content (AvgIpc) is 2.38. The molecule has 1 unspecified atom stereocenters. The molecule has 0 aliphatic rings. The zero-order chi connectivity index (χ0) is 13.0. The third-order valence-electron chi connectivity index (χ3n) is 2.19. The lowest BCUT2D eigenvalue weighted by molar-refractivity contribution is 0.572. The lowest BCUT2D eigenvalue weighted by Crippen LogP contribution is -1.99. The molecule has 1 heterocycles. The minimum Gasteiger partial charge on any atom is -0.607 e. The van der Waals surface area contributed by atoms with Gasteiger partial charge >= 0.3 is 0 Å². The number of rotatable bonds is 3. The number of hydrogen-bond donors (Lipinski definition) is 0. The quantitative estimate of drug-likeness (QED) is 0.805. The largest absolute Gasteiger partial charge is 0.607 e. The van der Waals surface area contributed by atoms with Gasteiger partial charge in [0.25, 0.3) is 0 Å². The van der Waals surface area contributed by atoms with E-state index >= 15 is 0 Å². The van der Waals surface area contributed by atoms with E-state index in [2.05, 4.69) is 4.98 Å². The molecule has 1 aromatic heterocycles. The van der Waals surface area contributed by atoms with Gasteiger partial charge < -0.3 is 4.55 Å². The van der Waals surface area contributed by atoms with Crippen molar-refractivity contribution in [2.45, 2.75) is 4.90 Å². The molecule has 0 fully saturated rings. The molecule has 1 atom stereocenters. The standard InChI is InChI=1S/C13H9ClFNOS/c14-10-4-3-8-16-12(10)7-9-18(17)13-6-2-1-5-11(13)15/h1-9H/b9-7+. The van der Waals surface area contributed by atoms with Crippen molar-refractivity contribution in [2.75, 3.05) is 0 Å². The third-order valence-corrected chi connectivity index (χ3v) is 3.66. The van der Waals surface area contributed by atoms with Gasteiger partial charge in [0.15, 0.2) is 10.7 Å². The van der Waals surface area contributed by atoms with E-state index in [-0.39, 0.29) is 4.90 Å². The number of aromatic nitrogens is 1. The SMILES string of the molecule is [O-][S+](/C=C/c1ncccc1Cl)c1ccccc1F. The van der Waals surface area contributed by atoms with Gasteiger partial charge in [-0.3, -0.25) is 4.98 Å². The number of nitrogens with zero attached hydrogens (tertiary/aromatic N) is 1. The second-order valence-corrected chi connectivity index (χ2v) is 5.12. The lowest BCUT2D eigenvalue weighted by Gasteiger charge is -2.05. The summed E-state index contributed by atoms with van der Waals surface area (Å²) in [6.45, 7) is 0. The van der Waals surface area contributed by atoms with Crippen LogP contribution < -0.4 is 0 Å². The first-order valence-electron chi connectivity index (χ1n) is 5.12. The molecule has 0 N–H and O–H groups in total. The summed E-state index contributed by atoms with van der Waals surface area (Å²) in [6, 6.07) is 9.33. The molecule has 0 aliphatic carbocycles. The molecule has 2 nitrogen and oxygen atoms in total. The Morgan fingerprint density at radius 3 is 2.72 bits per heavy atom. The number of halogens is 2. The Labute approximate surface area is 112 Å². The Kier molecular flexibility index (Phi) is 4.36. The average molecular weight is 282 g/mol. The number of benzene rings is 1. The molecule has 0 saturated heterocycles. The molecule has 2 aromatic rings. The fraction of sp³-hybridized carbons (Fsp3) is 0. The smallest absolute Gasteiger partial charge is 0.193 e. The highest BCUT2D eigenvalue weighted by Gasteiger charge is 2.13. The molecule has 2 rings (SSSR count). The Balaban J connectivity index is 2.20. The van der Waals surface area contributed by atoms with Crippen molar-refractivity contribution < 1.29 is 8.94 Å². The van der Waals surface area contributed by atoms with Gasteiger partial charge in [0.05, 0.1) is 10.7 Å². The highest BCUT2D eigenvalue weighted by molar-refractivity contribution is 7.94. The van der Waals surface area contributed by atoms with Crippen LogP contribution in [-0.2, 0) is 11.2 Å². The van der Waals surface area contributed by atoms with Gasteiger partial charge in [-0.25, -0.2) is 4.39 Å². The molecule has 0 radical (unpaired) electrons. The van der Waals surface area contributed by atoms with Gasteiger partial charge in [-0.15, -0.1) is 0 Å². The van der Waals surface area contributed by atoms with Crippen molar-refractivity contribution in [2.24, 2.45) is 0 Å². The molecule has 0 bridgehead atoms. The van der Waals surface area contributed by atoms with E-state index in [0.717, 1.165) is 0 Å². The first-order valence-corrected chi connectivity index (χ1v) is 6.71. The Morgan fingerprint density at radius 1 is 1.22 bits per heavy atom. The van der Waals surface area contributed by atoms with Crippen LogP contribution in [0.15, 0.2) is 52.9 Å². The van der Waals surface area contributed by atoms with Crippen LogP contribution in [0, 0.1) is 5.82 Å². The molecular formula is C13H9ClFNOS. The molecule has 0 saturated carbocycles. The summed E-state index contributed by atoms with van der Waals surface area (Å²) in [6.07, 6.45) is 3.10. The van der Waals surface area contributed by atoms with E-state index in [0.29, 0.717) is 10.7 Å². The maximum atomic E-state index is 13.4. The summed E-state index contributed by atoms with van der Waals surface area (Å²) in [4.78, 5) is 4.16. The lowest BCUT2D eigenvalue weighted by atomic mass is 10.3. The second kappa shape index (κ2) is 6.00. The zero-order valence-electron chi connectivity index (χ0n) is 9.22. The van der Waals surface area contributed by atoms with E-state index in [1.165, 1.54) is 23.6 Å². The Morgan fingerprint density at radius 2 is 2.00 bits per heavy atom. The first kappa shape index (κ1) is 13.1. The number of hydrogen-bond acceptors (Lipinski definition) is 2. The minimum absolute atomic E-state index is 0.140. The summed E-state index contributed by atoms with van der Waals surface area (Å²) in [7, 11) is 0. The third kappa shape index (κ3) is 3.10. The fourth-order valence-corrected chi connectivity index (χ4v) is 2.38. The molecule has 18 heavy (non-hydrogen) atoms. The molecular weight excluding hydrogens is 273 g/mol. The van der Waals surface area contributed by atoms with Gasteiger partial charge in [0, 0.05) is 23.4 Å². The van der Waals surface area contributed by atoms with Gasteiger partial charge in [-0.1, -0.05) is 23.7 Å². The van der Waals surface area contributed by atoms with Crippen LogP contribution in [0.25, 0.3) is 6.08 Å². The van der Waals surface area contributed by atoms with Crippen LogP contribution in [0.1, 0.15) is 5.69 Å². The van der Waals surface area contributed by atoms with Crippen molar-refractivity contribution >= 4 is 28.9 Å². The summed E-state index contributed by atoms with van der Waals surface area (Å²) in [5, 5.41) is 1.83. The van der Waals surface area contributed by atoms with Gasteiger partial charge in [0.1, 0.15) is 5.41 Å². The predicted molar refractivity (Wildman–Crippen MR) is 71.1 cm³/mol. The predicted octanol–water partition coefficient (Wildman–Crippen LogP) is 3.65. The van der Waals surface area contributed by atoms with Crippen molar-refractivity contribution in [1.29, 1.82) is 0 Å². The first-order chi connectivity index (χ1) is 8.68. The zero-order valence-corrected chi connectivity index (χ0v) is 10.8. The number of pyridine rings is 1. The molecule has 0 spiro atoms. The van der Waals surface area contributed by atoms with Crippen LogP contribution in [0.4, 0.5) is 4.39 Å². The van der Waals surface area contributed by atoms with Crippen LogP contribution >= 0.6 is 11.6 Å². The van der Waals surface area contributed by atoms with Crippen molar-refractivity contribution in [1.82, 2.24) is 4.98 Å². The van der Waals surface area contributed by atoms with Crippen LogP contribution in [0.5, 0.6) is 0 Å².